The Kier molecular flexibility index (Phi) is 7.15. The molecular weight excluding hydrogens is 178 g/mol. The van der Waals surface area contributed by atoms with Crippen molar-refractivity contribution in [2.24, 2.45) is 5.41 Å². The van der Waals surface area contributed by atoms with E-state index in [1.807, 2.05) is 6.92 Å². The minimum atomic E-state index is 0.260. The summed E-state index contributed by atoms with van der Waals surface area (Å²) in [6, 6.07) is 0. The van der Waals surface area contributed by atoms with Crippen LogP contribution in [0.3, 0.4) is 0 Å². The lowest BCUT2D eigenvalue weighted by Gasteiger charge is -2.25. The molecule has 3 nitrogen and oxygen atoms in total. The first-order valence-electron chi connectivity index (χ1n) is 5.36. The van der Waals surface area contributed by atoms with Crippen LogP contribution in [0.2, 0.25) is 0 Å². The Hall–Kier alpha value is -0.120. The Labute approximate surface area is 87.8 Å². The minimum absolute atomic E-state index is 0.260. The van der Waals surface area contributed by atoms with Crippen LogP contribution >= 0.6 is 0 Å². The summed E-state index contributed by atoms with van der Waals surface area (Å²) in [5, 5.41) is 12.1. The summed E-state index contributed by atoms with van der Waals surface area (Å²) in [5.74, 6) is 0. The van der Waals surface area contributed by atoms with Gasteiger partial charge in [0.1, 0.15) is 0 Å². The normalized spacial score (nSPS) is 14.4. The lowest BCUT2D eigenvalue weighted by atomic mass is 9.88. The first kappa shape index (κ1) is 13.9. The Balaban J connectivity index is 3.54. The van der Waals surface area contributed by atoms with Crippen LogP contribution in [0.15, 0.2) is 0 Å². The van der Waals surface area contributed by atoms with E-state index < -0.39 is 0 Å². The molecule has 0 spiro atoms. The SMILES string of the molecule is COC(C)CNCC(C)(C)CCCO. The van der Waals surface area contributed by atoms with Crippen LogP contribution in [0, 0.1) is 5.41 Å². The van der Waals surface area contributed by atoms with E-state index in [9.17, 15) is 0 Å². The number of aliphatic hydroxyl groups is 1. The zero-order chi connectivity index (χ0) is 11.0. The first-order chi connectivity index (χ1) is 6.52. The zero-order valence-corrected chi connectivity index (χ0v) is 9.97. The highest BCUT2D eigenvalue weighted by Crippen LogP contribution is 2.20. The molecule has 3 heteroatoms. The summed E-state index contributed by atoms with van der Waals surface area (Å²) in [6.45, 7) is 8.63. The van der Waals surface area contributed by atoms with Crippen molar-refractivity contribution in [3.8, 4) is 0 Å². The Morgan fingerprint density at radius 1 is 1.43 bits per heavy atom. The van der Waals surface area contributed by atoms with Gasteiger partial charge in [0, 0.05) is 26.8 Å². The van der Waals surface area contributed by atoms with Gasteiger partial charge < -0.3 is 15.2 Å². The van der Waals surface area contributed by atoms with Crippen molar-refractivity contribution in [2.45, 2.75) is 39.7 Å². The summed E-state index contributed by atoms with van der Waals surface area (Å²) >= 11 is 0. The fourth-order valence-electron chi connectivity index (χ4n) is 1.34. The Morgan fingerprint density at radius 2 is 2.07 bits per heavy atom. The second kappa shape index (κ2) is 7.21. The zero-order valence-electron chi connectivity index (χ0n) is 9.97. The molecule has 0 amide bonds. The van der Waals surface area contributed by atoms with Crippen LogP contribution in [0.5, 0.6) is 0 Å². The molecule has 0 saturated carbocycles. The maximum atomic E-state index is 8.74. The second-order valence-corrected chi connectivity index (χ2v) is 4.67. The molecule has 0 aliphatic carbocycles. The van der Waals surface area contributed by atoms with Gasteiger partial charge in [-0.25, -0.2) is 0 Å². The van der Waals surface area contributed by atoms with E-state index in [0.29, 0.717) is 0 Å². The van der Waals surface area contributed by atoms with Crippen molar-refractivity contribution < 1.29 is 9.84 Å². The number of hydrogen-bond donors (Lipinski definition) is 2. The molecule has 1 atom stereocenters. The molecule has 2 N–H and O–H groups in total. The molecule has 0 aromatic carbocycles. The van der Waals surface area contributed by atoms with Crippen molar-refractivity contribution in [1.29, 1.82) is 0 Å². The molecule has 0 fully saturated rings. The van der Waals surface area contributed by atoms with Crippen LogP contribution in [0.25, 0.3) is 0 Å². The Bertz CT molecular complexity index is 137. The molecule has 0 aliphatic rings. The van der Waals surface area contributed by atoms with Gasteiger partial charge in [0.15, 0.2) is 0 Å². The summed E-state index contributed by atoms with van der Waals surface area (Å²) < 4.78 is 5.14. The van der Waals surface area contributed by atoms with Gasteiger partial charge in [-0.3, -0.25) is 0 Å². The molecule has 0 heterocycles. The van der Waals surface area contributed by atoms with Crippen LogP contribution < -0.4 is 5.32 Å². The van der Waals surface area contributed by atoms with E-state index in [0.717, 1.165) is 25.9 Å². The summed E-state index contributed by atoms with van der Waals surface area (Å²) in [5.41, 5.74) is 0.260. The molecule has 0 aromatic rings. The largest absolute Gasteiger partial charge is 0.396 e. The average molecular weight is 203 g/mol. The van der Waals surface area contributed by atoms with E-state index >= 15 is 0 Å². The number of nitrogens with one attached hydrogen (secondary N) is 1. The highest BCUT2D eigenvalue weighted by atomic mass is 16.5. The molecule has 0 aromatic heterocycles. The van der Waals surface area contributed by atoms with Crippen molar-refractivity contribution >= 4 is 0 Å². The quantitative estimate of drug-likeness (QED) is 0.627. The highest BCUT2D eigenvalue weighted by Gasteiger charge is 2.16. The molecule has 0 radical (unpaired) electrons. The lowest BCUT2D eigenvalue weighted by Crippen LogP contribution is -2.34. The van der Waals surface area contributed by atoms with Crippen LogP contribution in [-0.4, -0.2) is 38.0 Å². The van der Waals surface area contributed by atoms with Gasteiger partial charge in [-0.05, 0) is 25.2 Å². The highest BCUT2D eigenvalue weighted by molar-refractivity contribution is 4.72. The third kappa shape index (κ3) is 7.30. The van der Waals surface area contributed by atoms with Gasteiger partial charge in [0.05, 0.1) is 6.10 Å². The van der Waals surface area contributed by atoms with Gasteiger partial charge in [-0.2, -0.15) is 0 Å². The number of rotatable bonds is 8. The van der Waals surface area contributed by atoms with Crippen molar-refractivity contribution in [3.63, 3.8) is 0 Å². The summed E-state index contributed by atoms with van der Waals surface area (Å²) in [4.78, 5) is 0. The van der Waals surface area contributed by atoms with E-state index in [-0.39, 0.29) is 18.1 Å². The van der Waals surface area contributed by atoms with Crippen molar-refractivity contribution in [3.05, 3.63) is 0 Å². The number of hydrogen-bond acceptors (Lipinski definition) is 3. The third-order valence-electron chi connectivity index (χ3n) is 2.45. The second-order valence-electron chi connectivity index (χ2n) is 4.67. The fraction of sp³-hybridized carbons (Fsp3) is 1.00. The van der Waals surface area contributed by atoms with Crippen LogP contribution in [-0.2, 0) is 4.74 Å². The minimum Gasteiger partial charge on any atom is -0.396 e. The smallest absolute Gasteiger partial charge is 0.0667 e. The van der Waals surface area contributed by atoms with Gasteiger partial charge in [0.25, 0.3) is 0 Å². The number of methoxy groups -OCH3 is 1. The van der Waals surface area contributed by atoms with Gasteiger partial charge in [0.2, 0.25) is 0 Å². The predicted octanol–water partition coefficient (Wildman–Crippen LogP) is 1.41. The number of aliphatic hydroxyl groups excluding tert-OH is 1. The maximum absolute atomic E-state index is 8.74. The monoisotopic (exact) mass is 203 g/mol. The lowest BCUT2D eigenvalue weighted by molar-refractivity contribution is 0.113. The van der Waals surface area contributed by atoms with Gasteiger partial charge in [-0.1, -0.05) is 13.8 Å². The first-order valence-corrected chi connectivity index (χ1v) is 5.36. The summed E-state index contributed by atoms with van der Waals surface area (Å²) in [6.07, 6.45) is 2.20. The molecule has 0 saturated heterocycles. The van der Waals surface area contributed by atoms with Crippen molar-refractivity contribution in [1.82, 2.24) is 5.32 Å². The molecule has 1 unspecified atom stereocenters. The van der Waals surface area contributed by atoms with Gasteiger partial charge >= 0.3 is 0 Å². The van der Waals surface area contributed by atoms with E-state index in [4.69, 9.17) is 9.84 Å². The third-order valence-corrected chi connectivity index (χ3v) is 2.45. The molecular formula is C11H25NO2. The topological polar surface area (TPSA) is 41.5 Å². The van der Waals surface area contributed by atoms with E-state index in [1.165, 1.54) is 0 Å². The van der Waals surface area contributed by atoms with Crippen LogP contribution in [0.4, 0.5) is 0 Å². The standard InChI is InChI=1S/C11H25NO2/c1-10(14-4)8-12-9-11(2,3)6-5-7-13/h10,12-13H,5-9H2,1-4H3. The van der Waals surface area contributed by atoms with Crippen LogP contribution in [0.1, 0.15) is 33.6 Å². The number of ether oxygens (including phenoxy) is 1. The van der Waals surface area contributed by atoms with Gasteiger partial charge in [-0.15, -0.1) is 0 Å². The van der Waals surface area contributed by atoms with Crippen molar-refractivity contribution in [2.75, 3.05) is 26.8 Å². The molecule has 14 heavy (non-hydrogen) atoms. The fourth-order valence-corrected chi connectivity index (χ4v) is 1.34. The summed E-state index contributed by atoms with van der Waals surface area (Å²) in [7, 11) is 1.73. The van der Waals surface area contributed by atoms with E-state index in [2.05, 4.69) is 19.2 Å². The Morgan fingerprint density at radius 3 is 2.57 bits per heavy atom. The molecule has 0 aliphatic heterocycles. The molecule has 0 bridgehead atoms. The molecule has 86 valence electrons. The maximum Gasteiger partial charge on any atom is 0.0667 e. The average Bonchev–Trinajstić information content (AvgIpc) is 2.14. The predicted molar refractivity (Wildman–Crippen MR) is 59.4 cm³/mol. The van der Waals surface area contributed by atoms with E-state index in [1.54, 1.807) is 7.11 Å². The molecule has 0 rings (SSSR count).